The van der Waals surface area contributed by atoms with Crippen LogP contribution in [-0.4, -0.2) is 48.3 Å². The highest BCUT2D eigenvalue weighted by atomic mass is 19.4. The van der Waals surface area contributed by atoms with Gasteiger partial charge in [-0.2, -0.15) is 28.4 Å². The molecule has 0 unspecified atom stereocenters. The van der Waals surface area contributed by atoms with Crippen LogP contribution in [0.3, 0.4) is 0 Å². The fraction of sp³-hybridized carbons (Fsp3) is 0.438. The number of aryl methyl sites for hydroxylation is 1. The predicted octanol–water partition coefficient (Wildman–Crippen LogP) is 2.52. The van der Waals surface area contributed by atoms with Crippen molar-refractivity contribution in [2.45, 2.75) is 45.6 Å². The number of amides is 1. The second-order valence-electron chi connectivity index (χ2n) is 6.64. The molecular weight excluding hydrogens is 399 g/mol. The van der Waals surface area contributed by atoms with Crippen molar-refractivity contribution in [3.8, 4) is 0 Å². The summed E-state index contributed by atoms with van der Waals surface area (Å²) in [6.45, 7) is 4.12. The maximum absolute atomic E-state index is 13.3. The van der Waals surface area contributed by atoms with Gasteiger partial charge in [0.2, 0.25) is 0 Å². The van der Waals surface area contributed by atoms with E-state index in [1.54, 1.807) is 0 Å². The summed E-state index contributed by atoms with van der Waals surface area (Å²) in [5.74, 6) is -1.62. The maximum Gasteiger partial charge on any atom is 0.438 e. The van der Waals surface area contributed by atoms with Gasteiger partial charge in [0.1, 0.15) is 17.1 Å². The van der Waals surface area contributed by atoms with E-state index in [-0.39, 0.29) is 40.1 Å². The normalized spacial score (nSPS) is 19.6. The molecule has 29 heavy (non-hydrogen) atoms. The molecule has 2 aromatic rings. The van der Waals surface area contributed by atoms with Gasteiger partial charge in [-0.05, 0) is 32.9 Å². The molecule has 13 heteroatoms. The molecule has 0 aliphatic carbocycles. The highest BCUT2D eigenvalue weighted by Crippen LogP contribution is 2.41. The van der Waals surface area contributed by atoms with E-state index < -0.39 is 34.9 Å². The number of nitro groups is 1. The molecule has 1 aliphatic heterocycles. The first-order valence-electron chi connectivity index (χ1n) is 8.30. The summed E-state index contributed by atoms with van der Waals surface area (Å²) in [5, 5.41) is 28.6. The molecule has 10 nitrogen and oxygen atoms in total. The van der Waals surface area contributed by atoms with Gasteiger partial charge in [-0.1, -0.05) is 0 Å². The number of aromatic nitrogens is 2. The van der Waals surface area contributed by atoms with Gasteiger partial charge in [0.25, 0.3) is 5.72 Å². The Morgan fingerprint density at radius 1 is 1.38 bits per heavy atom. The third kappa shape index (κ3) is 3.37. The fourth-order valence-electron chi connectivity index (χ4n) is 3.09. The first kappa shape index (κ1) is 20.5. The quantitative estimate of drug-likeness (QED) is 0.604. The van der Waals surface area contributed by atoms with Crippen molar-refractivity contribution in [1.29, 1.82) is 0 Å². The first-order valence-corrected chi connectivity index (χ1v) is 8.30. The molecule has 0 saturated carbocycles. The van der Waals surface area contributed by atoms with Crippen molar-refractivity contribution in [1.82, 2.24) is 14.8 Å². The molecule has 0 aromatic carbocycles. The zero-order chi connectivity index (χ0) is 21.7. The Hall–Kier alpha value is -3.22. The Labute approximate surface area is 161 Å². The number of carbonyl (C=O) groups is 1. The first-order chi connectivity index (χ1) is 13.3. The van der Waals surface area contributed by atoms with Crippen molar-refractivity contribution < 1.29 is 32.4 Å². The summed E-state index contributed by atoms with van der Waals surface area (Å²) in [5.41, 5.74) is -3.25. The zero-order valence-corrected chi connectivity index (χ0v) is 15.5. The molecule has 3 rings (SSSR count). The minimum atomic E-state index is -5.12. The summed E-state index contributed by atoms with van der Waals surface area (Å²) in [6.07, 6.45) is -5.99. The second-order valence-corrected chi connectivity index (χ2v) is 6.64. The molecule has 0 fully saturated rings. The number of carbonyl (C=O) groups excluding carboxylic acids is 1. The van der Waals surface area contributed by atoms with Crippen LogP contribution in [0.15, 0.2) is 21.7 Å². The van der Waals surface area contributed by atoms with E-state index in [1.807, 2.05) is 0 Å². The molecule has 156 valence electrons. The molecular formula is C16H16F3N5O5. The molecule has 0 spiro atoms. The molecule has 1 aliphatic rings. The van der Waals surface area contributed by atoms with Gasteiger partial charge in [-0.25, -0.2) is 0 Å². The molecule has 3 heterocycles. The third-order valence-electron chi connectivity index (χ3n) is 4.47. The number of alkyl halides is 3. The van der Waals surface area contributed by atoms with Gasteiger partial charge in [0.05, 0.1) is 11.5 Å². The van der Waals surface area contributed by atoms with Crippen LogP contribution in [0.1, 0.15) is 41.0 Å². The van der Waals surface area contributed by atoms with E-state index in [9.17, 15) is 33.2 Å². The lowest BCUT2D eigenvalue weighted by atomic mass is 10.1. The summed E-state index contributed by atoms with van der Waals surface area (Å²) >= 11 is 0. The predicted molar refractivity (Wildman–Crippen MR) is 91.1 cm³/mol. The number of nitrogens with zero attached hydrogens (tertiary/aromatic N) is 5. The summed E-state index contributed by atoms with van der Waals surface area (Å²) < 4.78 is 46.4. The van der Waals surface area contributed by atoms with E-state index in [4.69, 9.17) is 4.42 Å². The summed E-state index contributed by atoms with van der Waals surface area (Å²) in [6, 6.07) is 2.46. The Morgan fingerprint density at radius 2 is 2.03 bits per heavy atom. The van der Waals surface area contributed by atoms with Gasteiger partial charge in [0.15, 0.2) is 5.76 Å². The highest BCUT2D eigenvalue weighted by molar-refractivity contribution is 5.96. The van der Waals surface area contributed by atoms with E-state index >= 15 is 0 Å². The topological polar surface area (TPSA) is 127 Å². The van der Waals surface area contributed by atoms with Crippen LogP contribution in [-0.2, 0) is 6.54 Å². The van der Waals surface area contributed by atoms with E-state index in [1.165, 1.54) is 31.5 Å². The minimum Gasteiger partial charge on any atom is -0.454 e. The summed E-state index contributed by atoms with van der Waals surface area (Å²) in [4.78, 5) is 23.0. The largest absolute Gasteiger partial charge is 0.454 e. The van der Waals surface area contributed by atoms with Crippen LogP contribution in [0.4, 0.5) is 18.9 Å². The molecule has 0 radical (unpaired) electrons. The molecule has 1 N–H and O–H groups in total. The lowest BCUT2D eigenvalue weighted by Crippen LogP contribution is -2.56. The Bertz CT molecular complexity index is 1020. The Balaban J connectivity index is 1.86. The van der Waals surface area contributed by atoms with Gasteiger partial charge in [-0.3, -0.25) is 19.6 Å². The van der Waals surface area contributed by atoms with Gasteiger partial charge < -0.3 is 9.52 Å². The van der Waals surface area contributed by atoms with Crippen LogP contribution in [0.5, 0.6) is 0 Å². The van der Waals surface area contributed by atoms with Crippen molar-refractivity contribution in [3.05, 3.63) is 45.2 Å². The smallest absolute Gasteiger partial charge is 0.438 e. The SMILES string of the molecule is CC1=NN(C(=O)c2ccc(Cn3nc(C)c([N+](=O)[O-])c3C)o2)[C@](O)(C(F)(F)F)C1. The fourth-order valence-corrected chi connectivity index (χ4v) is 3.09. The van der Waals surface area contributed by atoms with E-state index in [0.717, 1.165) is 6.07 Å². The number of hydrogen-bond donors (Lipinski definition) is 1. The van der Waals surface area contributed by atoms with Crippen molar-refractivity contribution in [2.24, 2.45) is 5.10 Å². The molecule has 1 amide bonds. The lowest BCUT2D eigenvalue weighted by Gasteiger charge is -2.32. The number of furan rings is 1. The van der Waals surface area contributed by atoms with Gasteiger partial charge in [0, 0.05) is 12.1 Å². The van der Waals surface area contributed by atoms with Crippen LogP contribution in [0.25, 0.3) is 0 Å². The molecule has 0 saturated heterocycles. The number of rotatable bonds is 4. The zero-order valence-electron chi connectivity index (χ0n) is 15.5. The van der Waals surface area contributed by atoms with E-state index in [0.29, 0.717) is 0 Å². The van der Waals surface area contributed by atoms with Crippen molar-refractivity contribution in [3.63, 3.8) is 0 Å². The average molecular weight is 415 g/mol. The molecule has 2 aromatic heterocycles. The Morgan fingerprint density at radius 3 is 2.59 bits per heavy atom. The number of hydrogen-bond acceptors (Lipinski definition) is 7. The average Bonchev–Trinajstić information content (AvgIpc) is 3.24. The highest BCUT2D eigenvalue weighted by Gasteiger charge is 2.63. The monoisotopic (exact) mass is 415 g/mol. The lowest BCUT2D eigenvalue weighted by molar-refractivity contribution is -0.386. The number of hydrazone groups is 1. The maximum atomic E-state index is 13.3. The number of aliphatic hydroxyl groups is 1. The minimum absolute atomic E-state index is 0.0426. The third-order valence-corrected chi connectivity index (χ3v) is 4.47. The van der Waals surface area contributed by atoms with E-state index in [2.05, 4.69) is 10.2 Å². The standard InChI is InChI=1S/C16H16F3N5O5/c1-8-6-15(26,16(17,18)19)23(20-8)14(25)12-5-4-11(29-12)7-22-10(3)13(24(27)28)9(2)21-22/h4-5,26H,6-7H2,1-3H3/t15-/m1/s1. The second kappa shape index (κ2) is 6.69. The van der Waals surface area contributed by atoms with Crippen LogP contribution < -0.4 is 0 Å². The van der Waals surface area contributed by atoms with Crippen LogP contribution in [0.2, 0.25) is 0 Å². The number of halogens is 3. The Kier molecular flexibility index (Phi) is 4.73. The van der Waals surface area contributed by atoms with Gasteiger partial charge >= 0.3 is 17.8 Å². The molecule has 0 bridgehead atoms. The summed E-state index contributed by atoms with van der Waals surface area (Å²) in [7, 11) is 0. The van der Waals surface area contributed by atoms with Crippen LogP contribution in [0, 0.1) is 24.0 Å². The van der Waals surface area contributed by atoms with Crippen molar-refractivity contribution >= 4 is 17.3 Å². The van der Waals surface area contributed by atoms with Crippen LogP contribution >= 0.6 is 0 Å². The van der Waals surface area contributed by atoms with Crippen molar-refractivity contribution in [2.75, 3.05) is 0 Å². The molecule has 1 atom stereocenters. The van der Waals surface area contributed by atoms with Gasteiger partial charge in [-0.15, -0.1) is 0 Å².